The number of hydrogen-bond donors (Lipinski definition) is 1. The Kier molecular flexibility index (Phi) is 5.38. The molecule has 0 saturated heterocycles. The fraction of sp³-hybridized carbons (Fsp3) is 0.429. The van der Waals surface area contributed by atoms with Crippen LogP contribution >= 0.6 is 11.6 Å². The number of rotatable bonds is 7. The summed E-state index contributed by atoms with van der Waals surface area (Å²) in [6.45, 7) is 5.82. The van der Waals surface area contributed by atoms with E-state index in [2.05, 4.69) is 22.4 Å². The number of nitrogens with zero attached hydrogens (tertiary/aromatic N) is 2. The van der Waals surface area contributed by atoms with Gasteiger partial charge in [0.1, 0.15) is 5.75 Å². The molecule has 0 aliphatic rings. The van der Waals surface area contributed by atoms with Crippen LogP contribution in [0.1, 0.15) is 30.6 Å². The van der Waals surface area contributed by atoms with Crippen LogP contribution in [0.4, 0.5) is 0 Å². The van der Waals surface area contributed by atoms with Crippen LogP contribution in [0.2, 0.25) is 5.02 Å². The monoisotopic (exact) mass is 295 g/mol. The molecule has 1 aromatic heterocycles. The number of nitrogens with one attached hydrogen (secondary N) is 1. The molecule has 108 valence electrons. The zero-order chi connectivity index (χ0) is 14.4. The van der Waals surface area contributed by atoms with Crippen molar-refractivity contribution in [2.75, 3.05) is 6.54 Å². The van der Waals surface area contributed by atoms with Gasteiger partial charge in [-0.1, -0.05) is 23.7 Å². The molecule has 0 unspecified atom stereocenters. The molecule has 0 bridgehead atoms. The average molecular weight is 296 g/mol. The third kappa shape index (κ3) is 4.21. The number of ether oxygens (including phenoxy) is 1. The van der Waals surface area contributed by atoms with Crippen molar-refractivity contribution in [1.29, 1.82) is 0 Å². The van der Waals surface area contributed by atoms with E-state index >= 15 is 0 Å². The summed E-state index contributed by atoms with van der Waals surface area (Å²) in [6, 6.07) is 5.56. The first-order chi connectivity index (χ1) is 9.69. The number of benzene rings is 1. The van der Waals surface area contributed by atoms with Crippen molar-refractivity contribution in [3.05, 3.63) is 40.5 Å². The Morgan fingerprint density at radius 2 is 2.25 bits per heavy atom. The number of hydrogen-bond acceptors (Lipinski definition) is 5. The molecular formula is C14H18ClN3O2. The summed E-state index contributed by atoms with van der Waals surface area (Å²) >= 11 is 6.03. The Hall–Kier alpha value is -1.59. The van der Waals surface area contributed by atoms with Crippen LogP contribution in [0, 0.1) is 6.92 Å². The smallest absolute Gasteiger partial charge is 0.264 e. The highest BCUT2D eigenvalue weighted by Gasteiger charge is 2.08. The second kappa shape index (κ2) is 7.26. The Morgan fingerprint density at radius 3 is 2.95 bits per heavy atom. The molecule has 6 heteroatoms. The van der Waals surface area contributed by atoms with Gasteiger partial charge < -0.3 is 14.6 Å². The van der Waals surface area contributed by atoms with Crippen molar-refractivity contribution in [2.24, 2.45) is 0 Å². The first-order valence-electron chi connectivity index (χ1n) is 6.60. The highest BCUT2D eigenvalue weighted by molar-refractivity contribution is 6.30. The second-order valence-corrected chi connectivity index (χ2v) is 4.89. The maximum Gasteiger partial charge on any atom is 0.264 e. The summed E-state index contributed by atoms with van der Waals surface area (Å²) in [4.78, 5) is 4.10. The molecule has 2 aromatic rings. The van der Waals surface area contributed by atoms with Crippen molar-refractivity contribution in [3.63, 3.8) is 0 Å². The minimum Gasteiger partial charge on any atom is -0.483 e. The van der Waals surface area contributed by atoms with Crippen LogP contribution in [0.3, 0.4) is 0 Å². The summed E-state index contributed by atoms with van der Waals surface area (Å²) in [5, 5.41) is 7.75. The van der Waals surface area contributed by atoms with Gasteiger partial charge in [0.05, 0.1) is 0 Å². The number of aryl methyl sites for hydroxylation is 1. The maximum absolute atomic E-state index is 6.03. The van der Waals surface area contributed by atoms with E-state index in [4.69, 9.17) is 20.9 Å². The fourth-order valence-electron chi connectivity index (χ4n) is 1.76. The predicted octanol–water partition coefficient (Wildman–Crippen LogP) is 3.11. The van der Waals surface area contributed by atoms with Gasteiger partial charge in [-0.25, -0.2) is 0 Å². The molecule has 0 amide bonds. The van der Waals surface area contributed by atoms with E-state index in [1.165, 1.54) is 0 Å². The third-order valence-corrected chi connectivity index (χ3v) is 2.92. The van der Waals surface area contributed by atoms with Gasteiger partial charge in [-0.15, -0.1) is 0 Å². The summed E-state index contributed by atoms with van der Waals surface area (Å²) in [6.07, 6.45) is 1.08. The van der Waals surface area contributed by atoms with Gasteiger partial charge in [0, 0.05) is 17.1 Å². The zero-order valence-electron chi connectivity index (χ0n) is 11.6. The maximum atomic E-state index is 6.03. The largest absolute Gasteiger partial charge is 0.483 e. The van der Waals surface area contributed by atoms with Crippen LogP contribution < -0.4 is 10.1 Å². The Labute approximate surface area is 123 Å². The molecule has 1 N–H and O–H groups in total. The summed E-state index contributed by atoms with van der Waals surface area (Å²) in [7, 11) is 0. The van der Waals surface area contributed by atoms with Crippen molar-refractivity contribution in [1.82, 2.24) is 15.5 Å². The molecule has 0 saturated carbocycles. The molecule has 5 nitrogen and oxygen atoms in total. The molecule has 0 spiro atoms. The molecule has 0 aliphatic heterocycles. The fourth-order valence-corrected chi connectivity index (χ4v) is 1.96. The van der Waals surface area contributed by atoms with Crippen molar-refractivity contribution in [2.45, 2.75) is 33.4 Å². The van der Waals surface area contributed by atoms with Gasteiger partial charge >= 0.3 is 0 Å². The van der Waals surface area contributed by atoms with Crippen LogP contribution in [-0.2, 0) is 13.2 Å². The lowest BCUT2D eigenvalue weighted by Crippen LogP contribution is -2.14. The lowest BCUT2D eigenvalue weighted by Gasteiger charge is -2.11. The topological polar surface area (TPSA) is 60.2 Å². The molecule has 0 aliphatic carbocycles. The van der Waals surface area contributed by atoms with E-state index in [1.54, 1.807) is 13.0 Å². The van der Waals surface area contributed by atoms with Crippen LogP contribution in [0.25, 0.3) is 0 Å². The van der Waals surface area contributed by atoms with Crippen molar-refractivity contribution < 1.29 is 9.26 Å². The number of halogens is 1. The van der Waals surface area contributed by atoms with Crippen molar-refractivity contribution >= 4 is 11.6 Å². The van der Waals surface area contributed by atoms with E-state index in [9.17, 15) is 0 Å². The van der Waals surface area contributed by atoms with Crippen LogP contribution in [0.15, 0.2) is 22.7 Å². The van der Waals surface area contributed by atoms with E-state index < -0.39 is 0 Å². The minimum absolute atomic E-state index is 0.253. The molecule has 2 rings (SSSR count). The standard InChI is InChI=1S/C14H18ClN3O2/c1-3-6-16-8-11-7-12(15)4-5-13(11)19-9-14-17-10(2)18-20-14/h4-5,7,16H,3,6,8-9H2,1-2H3. The highest BCUT2D eigenvalue weighted by atomic mass is 35.5. The average Bonchev–Trinajstić information content (AvgIpc) is 2.84. The Morgan fingerprint density at radius 1 is 1.40 bits per heavy atom. The molecule has 0 radical (unpaired) electrons. The van der Waals surface area contributed by atoms with Gasteiger partial charge in [-0.05, 0) is 38.1 Å². The summed E-state index contributed by atoms with van der Waals surface area (Å²) in [5.74, 6) is 1.84. The Balaban J connectivity index is 2.01. The van der Waals surface area contributed by atoms with Gasteiger partial charge in [0.25, 0.3) is 5.89 Å². The molecule has 0 fully saturated rings. The second-order valence-electron chi connectivity index (χ2n) is 4.45. The quantitative estimate of drug-likeness (QED) is 0.795. The van der Waals surface area contributed by atoms with Gasteiger partial charge in [0.15, 0.2) is 12.4 Å². The molecule has 1 aromatic carbocycles. The summed E-state index contributed by atoms with van der Waals surface area (Å²) in [5.41, 5.74) is 1.02. The number of aromatic nitrogens is 2. The van der Waals surface area contributed by atoms with Gasteiger partial charge in [0.2, 0.25) is 0 Å². The molecule has 1 heterocycles. The Bertz CT molecular complexity index is 557. The van der Waals surface area contributed by atoms with E-state index in [0.717, 1.165) is 24.3 Å². The lowest BCUT2D eigenvalue weighted by atomic mass is 10.2. The highest BCUT2D eigenvalue weighted by Crippen LogP contribution is 2.23. The van der Waals surface area contributed by atoms with E-state index in [0.29, 0.717) is 23.3 Å². The molecular weight excluding hydrogens is 278 g/mol. The summed E-state index contributed by atoms with van der Waals surface area (Å²) < 4.78 is 10.7. The van der Waals surface area contributed by atoms with Gasteiger partial charge in [-0.2, -0.15) is 4.98 Å². The SMILES string of the molecule is CCCNCc1cc(Cl)ccc1OCc1nc(C)no1. The minimum atomic E-state index is 0.253. The first kappa shape index (κ1) is 14.8. The van der Waals surface area contributed by atoms with Crippen LogP contribution in [0.5, 0.6) is 5.75 Å². The predicted molar refractivity (Wildman–Crippen MR) is 76.8 cm³/mol. The van der Waals surface area contributed by atoms with Crippen LogP contribution in [-0.4, -0.2) is 16.7 Å². The first-order valence-corrected chi connectivity index (χ1v) is 6.98. The van der Waals surface area contributed by atoms with E-state index in [-0.39, 0.29) is 6.61 Å². The van der Waals surface area contributed by atoms with E-state index in [1.807, 2.05) is 12.1 Å². The van der Waals surface area contributed by atoms with Gasteiger partial charge in [-0.3, -0.25) is 0 Å². The van der Waals surface area contributed by atoms with Crippen molar-refractivity contribution in [3.8, 4) is 5.75 Å². The lowest BCUT2D eigenvalue weighted by molar-refractivity contribution is 0.240. The third-order valence-electron chi connectivity index (χ3n) is 2.69. The molecule has 0 atom stereocenters. The molecule has 20 heavy (non-hydrogen) atoms. The zero-order valence-corrected chi connectivity index (χ0v) is 12.4. The normalized spacial score (nSPS) is 10.8.